The summed E-state index contributed by atoms with van der Waals surface area (Å²) in [7, 11) is 0. The quantitative estimate of drug-likeness (QED) is 0.0973. The molecule has 0 bridgehead atoms. The number of hydrogen-bond donors (Lipinski definition) is 9. The lowest BCUT2D eigenvalue weighted by atomic mass is 9.83. The highest BCUT2D eigenvalue weighted by molar-refractivity contribution is 7.23. The van der Waals surface area contributed by atoms with Crippen molar-refractivity contribution in [2.24, 2.45) is 23.1 Å². The topological polar surface area (TPSA) is 325 Å². The van der Waals surface area contributed by atoms with Crippen LogP contribution >= 0.6 is 22.7 Å². The van der Waals surface area contributed by atoms with Crippen molar-refractivity contribution in [3.8, 4) is 20.3 Å². The van der Waals surface area contributed by atoms with E-state index < -0.39 is 96.0 Å². The molecule has 21 nitrogen and oxygen atoms in total. The standard InChI is InChI=1S/C49H61N13O8S2/c50-31-23-42(64)53-19-7-6-13-33(44(52)65)55-47(68)35(21-28-24-54-32-12-5-4-11-30(28)32)57-48(69)37-22-29(62-26-36(59-60-62)38-16-17-40(72-38)39-14-8-20-71-39)25-61(37)49(70)43(27-9-2-1-3-10-27)58-46(67)34(56-45(31)66)15-18-41(51)63/h4-5,8,11-12,14,16-17,20,24,26-27,29,31,33-35,37,43,54H,1-3,6-7,9-10,13,15,18-19,21-23,25,50H2,(H2,51,63)(H2,52,65)(H,53,64)(H,55,68)(H,56,66)(H,57,69)(H,58,67)/t29-,31-,33-,34-,35-,37-,43-/m0/s1. The molecule has 2 saturated heterocycles. The highest BCUT2D eigenvalue weighted by atomic mass is 32.1. The fourth-order valence-electron chi connectivity index (χ4n) is 9.83. The minimum Gasteiger partial charge on any atom is -0.370 e. The van der Waals surface area contributed by atoms with Crippen LogP contribution in [0, 0.1) is 5.92 Å². The Kier molecular flexibility index (Phi) is 16.8. The van der Waals surface area contributed by atoms with Crippen LogP contribution in [0.4, 0.5) is 0 Å². The Labute approximate surface area is 423 Å². The lowest BCUT2D eigenvalue weighted by Crippen LogP contribution is -2.61. The summed E-state index contributed by atoms with van der Waals surface area (Å²) in [5.41, 5.74) is 19.6. The van der Waals surface area contributed by atoms with E-state index in [1.54, 1.807) is 39.7 Å². The summed E-state index contributed by atoms with van der Waals surface area (Å²) >= 11 is 3.18. The molecule has 3 fully saturated rings. The van der Waals surface area contributed by atoms with Gasteiger partial charge in [-0.05, 0) is 79.7 Å². The van der Waals surface area contributed by atoms with Gasteiger partial charge in [0.2, 0.25) is 47.3 Å². The molecule has 8 amide bonds. The highest BCUT2D eigenvalue weighted by Gasteiger charge is 2.46. The van der Waals surface area contributed by atoms with Gasteiger partial charge >= 0.3 is 0 Å². The maximum atomic E-state index is 15.4. The Morgan fingerprint density at radius 3 is 2.29 bits per heavy atom. The van der Waals surface area contributed by atoms with Crippen molar-refractivity contribution in [3.63, 3.8) is 0 Å². The second-order valence-electron chi connectivity index (χ2n) is 18.8. The molecule has 72 heavy (non-hydrogen) atoms. The van der Waals surface area contributed by atoms with Gasteiger partial charge in [-0.2, -0.15) is 0 Å². The van der Waals surface area contributed by atoms with Gasteiger partial charge in [0.1, 0.15) is 35.9 Å². The van der Waals surface area contributed by atoms with Gasteiger partial charge in [-0.15, -0.1) is 27.8 Å². The molecule has 1 aromatic carbocycles. The predicted octanol–water partition coefficient (Wildman–Crippen LogP) is 1.89. The summed E-state index contributed by atoms with van der Waals surface area (Å²) in [5.74, 6) is -6.01. The summed E-state index contributed by atoms with van der Waals surface area (Å²) in [4.78, 5) is 118. The van der Waals surface area contributed by atoms with Crippen molar-refractivity contribution in [1.29, 1.82) is 0 Å². The number of aromatic nitrogens is 4. The largest absolute Gasteiger partial charge is 0.370 e. The van der Waals surface area contributed by atoms with Crippen molar-refractivity contribution >= 4 is 80.8 Å². The van der Waals surface area contributed by atoms with E-state index in [0.29, 0.717) is 36.9 Å². The van der Waals surface area contributed by atoms with Crippen LogP contribution in [0.2, 0.25) is 0 Å². The smallest absolute Gasteiger partial charge is 0.246 e. The number of amides is 8. The molecule has 382 valence electrons. The molecular weight excluding hydrogens is 963 g/mol. The van der Waals surface area contributed by atoms with Crippen molar-refractivity contribution in [1.82, 2.24) is 51.5 Å². The van der Waals surface area contributed by atoms with Crippen LogP contribution in [-0.4, -0.2) is 121 Å². The number of primary amides is 2. The van der Waals surface area contributed by atoms with Crippen molar-refractivity contribution in [2.75, 3.05) is 13.1 Å². The van der Waals surface area contributed by atoms with Gasteiger partial charge in [0.15, 0.2) is 0 Å². The molecule has 0 spiro atoms. The van der Waals surface area contributed by atoms with Crippen LogP contribution in [0.1, 0.15) is 88.7 Å². The minimum atomic E-state index is -1.39. The van der Waals surface area contributed by atoms with Gasteiger partial charge < -0.3 is 53.7 Å². The first-order valence-corrected chi connectivity index (χ1v) is 26.1. The number of carbonyl (C=O) groups excluding carboxylic acids is 8. The summed E-state index contributed by atoms with van der Waals surface area (Å²) in [6, 6.07) is 7.32. The average Bonchev–Trinajstić information content (AvgIpc) is 4.23. The van der Waals surface area contributed by atoms with E-state index in [-0.39, 0.29) is 51.1 Å². The third-order valence-electron chi connectivity index (χ3n) is 13.7. The molecule has 3 aliphatic rings. The molecule has 23 heteroatoms. The van der Waals surface area contributed by atoms with Gasteiger partial charge in [0.25, 0.3) is 0 Å². The van der Waals surface area contributed by atoms with Crippen LogP contribution < -0.4 is 43.8 Å². The van der Waals surface area contributed by atoms with Gasteiger partial charge in [0, 0.05) is 59.2 Å². The molecule has 0 unspecified atom stereocenters. The van der Waals surface area contributed by atoms with E-state index in [2.05, 4.69) is 41.9 Å². The van der Waals surface area contributed by atoms with E-state index in [4.69, 9.17) is 17.2 Å². The molecule has 12 N–H and O–H groups in total. The Hall–Kier alpha value is -6.98. The second kappa shape index (κ2) is 23.5. The number of rotatable bonds is 10. The third kappa shape index (κ3) is 12.5. The maximum absolute atomic E-state index is 15.4. The van der Waals surface area contributed by atoms with E-state index in [9.17, 15) is 28.8 Å². The number of nitrogens with one attached hydrogen (secondary N) is 6. The Morgan fingerprint density at radius 1 is 0.778 bits per heavy atom. The molecule has 6 heterocycles. The molecule has 2 aliphatic heterocycles. The number of para-hydroxylation sites is 1. The number of aromatic amines is 1. The summed E-state index contributed by atoms with van der Waals surface area (Å²) in [6.45, 7) is 0.108. The van der Waals surface area contributed by atoms with Gasteiger partial charge in [-0.3, -0.25) is 38.4 Å². The average molecular weight is 1020 g/mol. The zero-order chi connectivity index (χ0) is 50.9. The molecule has 0 radical (unpaired) electrons. The van der Waals surface area contributed by atoms with Crippen LogP contribution in [0.15, 0.2) is 66.3 Å². The number of nitrogens with two attached hydrogens (primary N) is 3. The Bertz CT molecular complexity index is 2770. The van der Waals surface area contributed by atoms with Crippen molar-refractivity contribution in [3.05, 3.63) is 71.9 Å². The first kappa shape index (κ1) is 51.4. The first-order valence-electron chi connectivity index (χ1n) is 24.4. The third-order valence-corrected chi connectivity index (χ3v) is 15.9. The van der Waals surface area contributed by atoms with Crippen LogP contribution in [0.3, 0.4) is 0 Å². The van der Waals surface area contributed by atoms with Gasteiger partial charge in [0.05, 0.1) is 29.6 Å². The lowest BCUT2D eigenvalue weighted by Gasteiger charge is -2.35. The molecule has 1 aliphatic carbocycles. The molecule has 8 rings (SSSR count). The number of hydrogen-bond acceptors (Lipinski definition) is 13. The van der Waals surface area contributed by atoms with Gasteiger partial charge in [-0.25, -0.2) is 4.68 Å². The number of nitrogens with zero attached hydrogens (tertiary/aromatic N) is 4. The molecule has 1 saturated carbocycles. The van der Waals surface area contributed by atoms with E-state index >= 15 is 9.59 Å². The lowest BCUT2D eigenvalue weighted by molar-refractivity contribution is -0.144. The fourth-order valence-corrected chi connectivity index (χ4v) is 11.6. The Morgan fingerprint density at radius 2 is 1.53 bits per heavy atom. The number of fused-ring (bicyclic) bond motifs is 2. The fraction of sp³-hybridized carbons (Fsp3) is 0.469. The molecule has 7 atom stereocenters. The van der Waals surface area contributed by atoms with E-state index in [1.165, 1.54) is 4.90 Å². The normalized spacial score (nSPS) is 25.0. The number of thiophene rings is 2. The summed E-state index contributed by atoms with van der Waals surface area (Å²) < 4.78 is 1.63. The van der Waals surface area contributed by atoms with E-state index in [1.807, 2.05) is 53.9 Å². The predicted molar refractivity (Wildman–Crippen MR) is 269 cm³/mol. The molecular formula is C49H61N13O8S2. The molecule has 4 aromatic heterocycles. The zero-order valence-electron chi connectivity index (χ0n) is 39.7. The highest BCUT2D eigenvalue weighted by Crippen LogP contribution is 2.37. The Balaban J connectivity index is 1.16. The monoisotopic (exact) mass is 1020 g/mol. The van der Waals surface area contributed by atoms with Crippen LogP contribution in [-0.2, 0) is 44.8 Å². The number of H-pyrrole nitrogens is 1. The van der Waals surface area contributed by atoms with Crippen LogP contribution in [0.5, 0.6) is 0 Å². The SMILES string of the molecule is NC(=O)CC[C@@H]1NC(=O)[C@@H](N)CC(=O)NCCCC[C@@H](C(N)=O)NC(=O)[C@H](Cc2c[nH]c3ccccc23)NC(=O)[C@@H]2C[C@H](n3cc(-c4ccc(-c5cccs5)s4)nn3)CN2C(=O)[C@H](C2CCCCC2)NC1=O. The minimum absolute atomic E-state index is 0.00872. The second-order valence-corrected chi connectivity index (χ2v) is 20.8. The summed E-state index contributed by atoms with van der Waals surface area (Å²) in [5, 5.41) is 25.7. The van der Waals surface area contributed by atoms with Crippen LogP contribution in [0.25, 0.3) is 31.2 Å². The van der Waals surface area contributed by atoms with Gasteiger partial charge in [-0.1, -0.05) is 48.7 Å². The molecule has 5 aromatic rings. The zero-order valence-corrected chi connectivity index (χ0v) is 41.3. The van der Waals surface area contributed by atoms with Crippen molar-refractivity contribution < 1.29 is 38.4 Å². The summed E-state index contributed by atoms with van der Waals surface area (Å²) in [6.07, 6.45) is 6.99. The van der Waals surface area contributed by atoms with Crippen molar-refractivity contribution in [2.45, 2.75) is 126 Å². The maximum Gasteiger partial charge on any atom is 0.246 e. The number of carbonyl (C=O) groups is 8. The number of benzene rings is 1. The van der Waals surface area contributed by atoms with E-state index in [0.717, 1.165) is 44.8 Å². The first-order chi connectivity index (χ1) is 34.7.